The minimum absolute atomic E-state index is 0.000344. The highest BCUT2D eigenvalue weighted by molar-refractivity contribution is 5.95. The zero-order valence-electron chi connectivity index (χ0n) is 17.4. The summed E-state index contributed by atoms with van der Waals surface area (Å²) < 4.78 is 10.6. The fourth-order valence-electron chi connectivity index (χ4n) is 3.50. The Morgan fingerprint density at radius 1 is 1.07 bits per heavy atom. The molecule has 156 valence electrons. The number of hydrogen-bond donors (Lipinski definition) is 1. The lowest BCUT2D eigenvalue weighted by Gasteiger charge is -2.34. The van der Waals surface area contributed by atoms with E-state index in [4.69, 9.17) is 9.15 Å². The zero-order chi connectivity index (χ0) is 20.8. The minimum atomic E-state index is -0.00736. The quantitative estimate of drug-likeness (QED) is 0.772. The minimum Gasteiger partial charge on any atom is -0.466 e. The molecule has 29 heavy (non-hydrogen) atoms. The fourth-order valence-corrected chi connectivity index (χ4v) is 3.50. The maximum atomic E-state index is 12.6. The van der Waals surface area contributed by atoms with Crippen molar-refractivity contribution in [1.29, 1.82) is 0 Å². The van der Waals surface area contributed by atoms with E-state index in [0.29, 0.717) is 57.2 Å². The van der Waals surface area contributed by atoms with Gasteiger partial charge in [0.15, 0.2) is 0 Å². The number of furan rings is 1. The number of amides is 2. The Labute approximate surface area is 171 Å². The van der Waals surface area contributed by atoms with E-state index in [1.807, 2.05) is 43.0 Å². The molecule has 1 fully saturated rings. The number of nitrogens with zero attached hydrogens (tertiary/aromatic N) is 2. The number of carbonyl (C=O) groups is 2. The van der Waals surface area contributed by atoms with Crippen LogP contribution in [0.2, 0.25) is 0 Å². The third-order valence-corrected chi connectivity index (χ3v) is 5.12. The van der Waals surface area contributed by atoms with Gasteiger partial charge in [-0.1, -0.05) is 24.3 Å². The van der Waals surface area contributed by atoms with Gasteiger partial charge in [-0.3, -0.25) is 14.5 Å². The van der Waals surface area contributed by atoms with E-state index in [1.54, 1.807) is 13.2 Å². The van der Waals surface area contributed by atoms with E-state index in [2.05, 4.69) is 10.2 Å². The number of aryl methyl sites for hydroxylation is 2. The molecule has 2 heterocycles. The summed E-state index contributed by atoms with van der Waals surface area (Å²) in [6.07, 6.45) is 0. The van der Waals surface area contributed by atoms with Gasteiger partial charge in [0.25, 0.3) is 5.91 Å². The maximum absolute atomic E-state index is 12.6. The van der Waals surface area contributed by atoms with Gasteiger partial charge >= 0.3 is 0 Å². The van der Waals surface area contributed by atoms with E-state index in [-0.39, 0.29) is 11.8 Å². The second-order valence-corrected chi connectivity index (χ2v) is 7.42. The molecule has 0 spiro atoms. The molecule has 3 rings (SSSR count). The van der Waals surface area contributed by atoms with Gasteiger partial charge in [0.1, 0.15) is 11.5 Å². The Balaban J connectivity index is 1.41. The largest absolute Gasteiger partial charge is 0.466 e. The standard InChI is InChI=1S/C22H29N3O4/c1-16-12-20(17(2)29-16)22(27)25-10-8-24(9-11-25)14-21(26)23-13-18-4-6-19(7-5-18)15-28-3/h4-7,12H,8-11,13-15H2,1-3H3,(H,23,26). The van der Waals surface area contributed by atoms with Gasteiger partial charge in [0.05, 0.1) is 18.7 Å². The van der Waals surface area contributed by atoms with E-state index in [9.17, 15) is 9.59 Å². The average Bonchev–Trinajstić information content (AvgIpc) is 3.06. The van der Waals surface area contributed by atoms with Crippen LogP contribution in [0.1, 0.15) is 33.0 Å². The van der Waals surface area contributed by atoms with Gasteiger partial charge in [-0.2, -0.15) is 0 Å². The summed E-state index contributed by atoms with van der Waals surface area (Å²) in [5, 5.41) is 2.96. The topological polar surface area (TPSA) is 75.0 Å². The number of hydrogen-bond acceptors (Lipinski definition) is 5. The molecule has 1 aromatic carbocycles. The molecule has 0 radical (unpaired) electrons. The molecular formula is C22H29N3O4. The van der Waals surface area contributed by atoms with Gasteiger partial charge in [0.2, 0.25) is 5.91 Å². The molecule has 2 aromatic rings. The average molecular weight is 399 g/mol. The molecular weight excluding hydrogens is 370 g/mol. The molecule has 1 aliphatic rings. The summed E-state index contributed by atoms with van der Waals surface area (Å²) in [6, 6.07) is 9.80. The van der Waals surface area contributed by atoms with Gasteiger partial charge in [-0.25, -0.2) is 0 Å². The van der Waals surface area contributed by atoms with Crippen molar-refractivity contribution in [3.63, 3.8) is 0 Å². The van der Waals surface area contributed by atoms with Gasteiger partial charge in [0, 0.05) is 39.8 Å². The van der Waals surface area contributed by atoms with Crippen LogP contribution in [-0.4, -0.2) is 61.4 Å². The van der Waals surface area contributed by atoms with Crippen molar-refractivity contribution >= 4 is 11.8 Å². The number of methoxy groups -OCH3 is 1. The Morgan fingerprint density at radius 2 is 1.72 bits per heavy atom. The first-order chi connectivity index (χ1) is 14.0. The number of benzene rings is 1. The molecule has 0 atom stereocenters. The summed E-state index contributed by atoms with van der Waals surface area (Å²) in [7, 11) is 1.67. The van der Waals surface area contributed by atoms with Crippen LogP contribution in [-0.2, 0) is 22.7 Å². The summed E-state index contributed by atoms with van der Waals surface area (Å²) in [6.45, 7) is 7.66. The van der Waals surface area contributed by atoms with Crippen molar-refractivity contribution in [2.24, 2.45) is 0 Å². The second-order valence-electron chi connectivity index (χ2n) is 7.42. The van der Waals surface area contributed by atoms with E-state index < -0.39 is 0 Å². The molecule has 7 heteroatoms. The first kappa shape index (κ1) is 21.1. The monoisotopic (exact) mass is 399 g/mol. The SMILES string of the molecule is COCc1ccc(CNC(=O)CN2CCN(C(=O)c3cc(C)oc3C)CC2)cc1. The lowest BCUT2D eigenvalue weighted by atomic mass is 10.1. The Bertz CT molecular complexity index is 836. The fraction of sp³-hybridized carbons (Fsp3) is 0.455. The smallest absolute Gasteiger partial charge is 0.257 e. The molecule has 2 amide bonds. The Hall–Kier alpha value is -2.64. The lowest BCUT2D eigenvalue weighted by Crippen LogP contribution is -2.51. The third kappa shape index (κ3) is 5.68. The van der Waals surface area contributed by atoms with Crippen molar-refractivity contribution in [2.75, 3.05) is 39.8 Å². The number of rotatable bonds is 7. The molecule has 1 saturated heterocycles. The van der Waals surface area contributed by atoms with Gasteiger partial charge in [-0.05, 0) is 31.0 Å². The van der Waals surface area contributed by atoms with Crippen molar-refractivity contribution < 1.29 is 18.7 Å². The van der Waals surface area contributed by atoms with Crippen LogP contribution < -0.4 is 5.32 Å². The van der Waals surface area contributed by atoms with Crippen LogP contribution in [0.15, 0.2) is 34.7 Å². The number of ether oxygens (including phenoxy) is 1. The highest BCUT2D eigenvalue weighted by atomic mass is 16.5. The number of nitrogens with one attached hydrogen (secondary N) is 1. The molecule has 0 unspecified atom stereocenters. The van der Waals surface area contributed by atoms with Crippen molar-refractivity contribution in [3.05, 3.63) is 58.5 Å². The van der Waals surface area contributed by atoms with E-state index >= 15 is 0 Å². The highest BCUT2D eigenvalue weighted by Crippen LogP contribution is 2.17. The molecule has 1 N–H and O–H groups in total. The predicted octanol–water partition coefficient (Wildman–Crippen LogP) is 2.12. The lowest BCUT2D eigenvalue weighted by molar-refractivity contribution is -0.122. The summed E-state index contributed by atoms with van der Waals surface area (Å²) in [4.78, 5) is 28.8. The molecule has 0 saturated carbocycles. The van der Waals surface area contributed by atoms with Crippen LogP contribution in [0.4, 0.5) is 0 Å². The Kier molecular flexibility index (Phi) is 7.06. The van der Waals surface area contributed by atoms with Crippen LogP contribution in [0.3, 0.4) is 0 Å². The van der Waals surface area contributed by atoms with Crippen molar-refractivity contribution in [3.8, 4) is 0 Å². The summed E-state index contributed by atoms with van der Waals surface area (Å²) in [5.74, 6) is 1.39. The normalized spacial score (nSPS) is 14.8. The number of piperazine rings is 1. The third-order valence-electron chi connectivity index (χ3n) is 5.12. The first-order valence-corrected chi connectivity index (χ1v) is 9.88. The highest BCUT2D eigenvalue weighted by Gasteiger charge is 2.25. The summed E-state index contributed by atoms with van der Waals surface area (Å²) in [5.41, 5.74) is 2.79. The summed E-state index contributed by atoms with van der Waals surface area (Å²) >= 11 is 0. The molecule has 1 aromatic heterocycles. The van der Waals surface area contributed by atoms with Crippen LogP contribution in [0.5, 0.6) is 0 Å². The van der Waals surface area contributed by atoms with Crippen LogP contribution in [0.25, 0.3) is 0 Å². The zero-order valence-corrected chi connectivity index (χ0v) is 17.4. The second kappa shape index (κ2) is 9.71. The van der Waals surface area contributed by atoms with Crippen molar-refractivity contribution in [1.82, 2.24) is 15.1 Å². The molecule has 0 bridgehead atoms. The molecule has 7 nitrogen and oxygen atoms in total. The van der Waals surface area contributed by atoms with Crippen LogP contribution >= 0.6 is 0 Å². The maximum Gasteiger partial charge on any atom is 0.257 e. The predicted molar refractivity (Wildman–Crippen MR) is 110 cm³/mol. The molecule has 1 aliphatic heterocycles. The van der Waals surface area contributed by atoms with Gasteiger partial charge in [-0.15, -0.1) is 0 Å². The van der Waals surface area contributed by atoms with Crippen molar-refractivity contribution in [2.45, 2.75) is 27.0 Å². The van der Waals surface area contributed by atoms with Gasteiger partial charge < -0.3 is 19.4 Å². The van der Waals surface area contributed by atoms with E-state index in [0.717, 1.165) is 16.9 Å². The van der Waals surface area contributed by atoms with Crippen LogP contribution in [0, 0.1) is 13.8 Å². The molecule has 0 aliphatic carbocycles. The number of carbonyl (C=O) groups excluding carboxylic acids is 2. The Morgan fingerprint density at radius 3 is 2.31 bits per heavy atom. The van der Waals surface area contributed by atoms with E-state index in [1.165, 1.54) is 0 Å². The first-order valence-electron chi connectivity index (χ1n) is 9.88.